The first-order chi connectivity index (χ1) is 16.8. The van der Waals surface area contributed by atoms with Gasteiger partial charge in [0, 0.05) is 5.56 Å². The lowest BCUT2D eigenvalue weighted by Crippen LogP contribution is -2.29. The third-order valence-electron chi connectivity index (χ3n) is 5.50. The van der Waals surface area contributed by atoms with Crippen molar-refractivity contribution in [3.8, 4) is 11.5 Å². The van der Waals surface area contributed by atoms with Gasteiger partial charge in [-0.2, -0.15) is 10.1 Å². The van der Waals surface area contributed by atoms with Crippen LogP contribution in [0.15, 0.2) is 71.3 Å². The van der Waals surface area contributed by atoms with E-state index in [1.807, 2.05) is 18.2 Å². The van der Waals surface area contributed by atoms with Gasteiger partial charge >= 0.3 is 0 Å². The van der Waals surface area contributed by atoms with Gasteiger partial charge in [0.15, 0.2) is 11.5 Å². The fourth-order valence-electron chi connectivity index (χ4n) is 3.96. The first-order valence-corrected chi connectivity index (χ1v) is 12.1. The van der Waals surface area contributed by atoms with Crippen molar-refractivity contribution in [1.29, 1.82) is 0 Å². The summed E-state index contributed by atoms with van der Waals surface area (Å²) >= 11 is 2.20. The van der Waals surface area contributed by atoms with Gasteiger partial charge in [-0.05, 0) is 84.8 Å². The summed E-state index contributed by atoms with van der Waals surface area (Å²) in [6, 6.07) is 18.7. The number of carbonyl (C=O) groups is 2. The number of halogens is 1. The molecule has 0 saturated heterocycles. The summed E-state index contributed by atoms with van der Waals surface area (Å²) in [5.41, 5.74) is 5.44. The van der Waals surface area contributed by atoms with Gasteiger partial charge in [0.1, 0.15) is 6.61 Å². The van der Waals surface area contributed by atoms with Crippen LogP contribution in [0.3, 0.4) is 0 Å². The van der Waals surface area contributed by atoms with Gasteiger partial charge in [0.2, 0.25) is 0 Å². The molecule has 0 fully saturated rings. The minimum atomic E-state index is -0.458. The molecule has 0 aromatic heterocycles. The molecule has 0 bridgehead atoms. The molecule has 0 spiro atoms. The smallest absolute Gasteiger partial charge is 0.283 e. The van der Waals surface area contributed by atoms with Crippen LogP contribution in [0.1, 0.15) is 39.5 Å². The highest BCUT2D eigenvalue weighted by Crippen LogP contribution is 2.36. The van der Waals surface area contributed by atoms with Crippen LogP contribution < -0.4 is 9.47 Å². The van der Waals surface area contributed by atoms with Gasteiger partial charge in [-0.25, -0.2) is 0 Å². The molecule has 0 unspecified atom stereocenters. The number of hydrogen-bond donors (Lipinski definition) is 0. The maximum atomic E-state index is 13.0. The van der Waals surface area contributed by atoms with E-state index >= 15 is 0 Å². The number of amides is 2. The molecule has 35 heavy (non-hydrogen) atoms. The third-order valence-corrected chi connectivity index (χ3v) is 6.30. The Balaban J connectivity index is 1.58. The Morgan fingerprint density at radius 2 is 1.71 bits per heavy atom. The van der Waals surface area contributed by atoms with E-state index in [1.165, 1.54) is 11.1 Å². The Hall–Kier alpha value is -3.46. The van der Waals surface area contributed by atoms with Gasteiger partial charge in [0.25, 0.3) is 11.8 Å². The molecule has 3 aromatic carbocycles. The molecular formula is C28H25IN2O4. The number of rotatable bonds is 6. The molecule has 1 aliphatic rings. The summed E-state index contributed by atoms with van der Waals surface area (Å²) in [6.07, 6.45) is 1.72. The number of carbonyl (C=O) groups excluding carboxylic acids is 2. The molecular weight excluding hydrogens is 555 g/mol. The summed E-state index contributed by atoms with van der Waals surface area (Å²) in [4.78, 5) is 25.8. The average Bonchev–Trinajstić information content (AvgIpc) is 3.10. The fourth-order valence-corrected chi connectivity index (χ4v) is 4.74. The van der Waals surface area contributed by atoms with Gasteiger partial charge < -0.3 is 9.47 Å². The molecule has 1 aliphatic heterocycles. The number of hydrogen-bond acceptors (Lipinski definition) is 5. The van der Waals surface area contributed by atoms with Crippen molar-refractivity contribution in [2.75, 3.05) is 7.11 Å². The zero-order valence-electron chi connectivity index (χ0n) is 20.0. The lowest BCUT2D eigenvalue weighted by Gasteiger charge is -2.14. The van der Waals surface area contributed by atoms with Crippen molar-refractivity contribution in [3.63, 3.8) is 0 Å². The number of methoxy groups -OCH3 is 1. The Morgan fingerprint density at radius 1 is 1.03 bits per heavy atom. The lowest BCUT2D eigenvalue weighted by atomic mass is 10.1. The minimum absolute atomic E-state index is 0.357. The molecule has 3 aromatic rings. The molecule has 1 heterocycles. The van der Waals surface area contributed by atoms with Crippen LogP contribution in [0.5, 0.6) is 11.5 Å². The summed E-state index contributed by atoms with van der Waals surface area (Å²) in [6.45, 7) is 6.25. The van der Waals surface area contributed by atoms with Crippen molar-refractivity contribution < 1.29 is 19.1 Å². The first kappa shape index (κ1) is 24.7. The SMILES string of the molecule is COc1cc(/C=C2/C(=O)N(C(=O)c3ccccc3)N=C2C)cc(I)c1OCc1cc(C)cc(C)c1. The van der Waals surface area contributed by atoms with Crippen LogP contribution in [-0.4, -0.2) is 29.6 Å². The monoisotopic (exact) mass is 580 g/mol. The van der Waals surface area contributed by atoms with Crippen LogP contribution in [0.2, 0.25) is 0 Å². The summed E-state index contributed by atoms with van der Waals surface area (Å²) in [7, 11) is 1.58. The molecule has 2 amide bonds. The standard InChI is InChI=1S/C28H25IN2O4/c1-17-10-18(2)12-21(11-17)16-35-26-24(29)14-20(15-25(26)34-4)13-23-19(3)30-31(28(23)33)27(32)22-8-6-5-7-9-22/h5-15H,16H2,1-4H3/b23-13+. The van der Waals surface area contributed by atoms with Crippen LogP contribution in [0, 0.1) is 17.4 Å². The number of imide groups is 1. The normalized spacial score (nSPS) is 14.3. The van der Waals surface area contributed by atoms with Crippen molar-refractivity contribution in [3.05, 3.63) is 97.6 Å². The highest BCUT2D eigenvalue weighted by Gasteiger charge is 2.33. The average molecular weight is 580 g/mol. The summed E-state index contributed by atoms with van der Waals surface area (Å²) in [5.74, 6) is 0.282. The van der Waals surface area contributed by atoms with Gasteiger partial charge in [-0.3, -0.25) is 9.59 Å². The van der Waals surface area contributed by atoms with E-state index in [-0.39, 0.29) is 0 Å². The predicted molar refractivity (Wildman–Crippen MR) is 145 cm³/mol. The number of hydrazone groups is 1. The number of benzene rings is 3. The van der Waals surface area contributed by atoms with Crippen LogP contribution >= 0.6 is 22.6 Å². The van der Waals surface area contributed by atoms with Gasteiger partial charge in [-0.15, -0.1) is 0 Å². The zero-order chi connectivity index (χ0) is 25.1. The second-order valence-electron chi connectivity index (χ2n) is 8.35. The zero-order valence-corrected chi connectivity index (χ0v) is 22.1. The molecule has 0 N–H and O–H groups in total. The van der Waals surface area contributed by atoms with Crippen LogP contribution in [-0.2, 0) is 11.4 Å². The Bertz CT molecular complexity index is 1340. The topological polar surface area (TPSA) is 68.2 Å². The first-order valence-electron chi connectivity index (χ1n) is 11.1. The number of aryl methyl sites for hydroxylation is 2. The number of nitrogens with zero attached hydrogens (tertiary/aromatic N) is 2. The summed E-state index contributed by atoms with van der Waals surface area (Å²) in [5, 5.41) is 5.12. The van der Waals surface area contributed by atoms with Gasteiger partial charge in [-0.1, -0.05) is 47.5 Å². The van der Waals surface area contributed by atoms with E-state index in [0.29, 0.717) is 35.0 Å². The Kier molecular flexibility index (Phi) is 7.35. The van der Waals surface area contributed by atoms with E-state index in [0.717, 1.165) is 19.7 Å². The van der Waals surface area contributed by atoms with Crippen LogP contribution in [0.25, 0.3) is 6.08 Å². The lowest BCUT2D eigenvalue weighted by molar-refractivity contribution is -0.123. The van der Waals surface area contributed by atoms with E-state index in [9.17, 15) is 9.59 Å². The maximum absolute atomic E-state index is 13.0. The molecule has 7 heteroatoms. The summed E-state index contributed by atoms with van der Waals surface area (Å²) < 4.78 is 12.6. The molecule has 6 nitrogen and oxygen atoms in total. The Morgan fingerprint density at radius 3 is 2.37 bits per heavy atom. The van der Waals surface area contributed by atoms with Crippen LogP contribution in [0.4, 0.5) is 0 Å². The van der Waals surface area contributed by atoms with E-state index in [1.54, 1.807) is 44.4 Å². The second-order valence-corrected chi connectivity index (χ2v) is 9.51. The minimum Gasteiger partial charge on any atom is -0.493 e. The molecule has 0 saturated carbocycles. The van der Waals surface area contributed by atoms with Gasteiger partial charge in [0.05, 0.1) is 22.0 Å². The third kappa shape index (κ3) is 5.45. The molecule has 0 atom stereocenters. The van der Waals surface area contributed by atoms with Crippen molar-refractivity contribution in [1.82, 2.24) is 5.01 Å². The second kappa shape index (κ2) is 10.4. The largest absolute Gasteiger partial charge is 0.493 e. The predicted octanol–water partition coefficient (Wildman–Crippen LogP) is 5.94. The quantitative estimate of drug-likeness (QED) is 0.206. The Labute approximate surface area is 218 Å². The number of ether oxygens (including phenoxy) is 2. The van der Waals surface area contributed by atoms with E-state index in [2.05, 4.69) is 59.7 Å². The fraction of sp³-hybridized carbons (Fsp3) is 0.179. The molecule has 4 rings (SSSR count). The van der Waals surface area contributed by atoms with E-state index < -0.39 is 11.8 Å². The highest BCUT2D eigenvalue weighted by molar-refractivity contribution is 14.1. The van der Waals surface area contributed by atoms with Crippen molar-refractivity contribution in [2.45, 2.75) is 27.4 Å². The van der Waals surface area contributed by atoms with Crippen molar-refractivity contribution >= 4 is 46.2 Å². The van der Waals surface area contributed by atoms with Crippen molar-refractivity contribution in [2.24, 2.45) is 5.10 Å². The molecule has 0 radical (unpaired) electrons. The maximum Gasteiger partial charge on any atom is 0.283 e. The molecule has 178 valence electrons. The van der Waals surface area contributed by atoms with E-state index in [4.69, 9.17) is 9.47 Å². The molecule has 0 aliphatic carbocycles. The highest BCUT2D eigenvalue weighted by atomic mass is 127.